The summed E-state index contributed by atoms with van der Waals surface area (Å²) in [5, 5.41) is 3.60. The van der Waals surface area contributed by atoms with E-state index in [2.05, 4.69) is 71.7 Å². The molecule has 5 aromatic rings. The fraction of sp³-hybridized carbons (Fsp3) is 0.154. The largest absolute Gasteiger partial charge is 0.365 e. The second kappa shape index (κ2) is 8.03. The van der Waals surface area contributed by atoms with Crippen LogP contribution in [0.4, 0.5) is 5.82 Å². The van der Waals surface area contributed by atoms with E-state index < -0.39 is 0 Å². The zero-order valence-corrected chi connectivity index (χ0v) is 19.0. The van der Waals surface area contributed by atoms with Crippen LogP contribution < -0.4 is 5.32 Å². The first kappa shape index (κ1) is 20.1. The maximum Gasteiger partial charge on any atom is 0.157 e. The topological polar surface area (TPSA) is 47.2 Å². The van der Waals surface area contributed by atoms with E-state index in [-0.39, 0.29) is 5.54 Å². The van der Waals surface area contributed by atoms with E-state index in [1.54, 1.807) is 23.7 Å². The van der Waals surface area contributed by atoms with Crippen LogP contribution >= 0.6 is 11.3 Å². The maximum atomic E-state index is 4.84. The lowest BCUT2D eigenvalue weighted by atomic mass is 10.1. The van der Waals surface area contributed by atoms with Crippen LogP contribution in [0.5, 0.6) is 0 Å². The number of thiophene rings is 1. The Hall–Kier alpha value is -3.82. The minimum Gasteiger partial charge on any atom is -0.365 e. The summed E-state index contributed by atoms with van der Waals surface area (Å²) in [5.41, 5.74) is 3.72. The molecular formula is C26H23N5S. The number of hydrogen-bond acceptors (Lipinski definition) is 4. The third-order valence-electron chi connectivity index (χ3n) is 4.84. The first-order valence-corrected chi connectivity index (χ1v) is 11.2. The summed E-state index contributed by atoms with van der Waals surface area (Å²) in [6, 6.07) is 16.4. The molecule has 0 spiro atoms. The van der Waals surface area contributed by atoms with Crippen LogP contribution in [0.2, 0.25) is 0 Å². The number of benzene rings is 1. The summed E-state index contributed by atoms with van der Waals surface area (Å²) < 4.78 is 4.13. The summed E-state index contributed by atoms with van der Waals surface area (Å²) in [7, 11) is 0. The molecule has 0 aliphatic carbocycles. The van der Waals surface area contributed by atoms with Crippen molar-refractivity contribution in [3.63, 3.8) is 0 Å². The van der Waals surface area contributed by atoms with Crippen molar-refractivity contribution in [1.29, 1.82) is 0 Å². The molecule has 158 valence electrons. The molecular weight excluding hydrogens is 414 g/mol. The van der Waals surface area contributed by atoms with E-state index in [9.17, 15) is 0 Å². The van der Waals surface area contributed by atoms with Crippen molar-refractivity contribution in [2.75, 3.05) is 5.32 Å². The number of nitrogens with one attached hydrogen (secondary N) is 1. The maximum absolute atomic E-state index is 4.84. The predicted molar refractivity (Wildman–Crippen MR) is 131 cm³/mol. The van der Waals surface area contributed by atoms with Crippen LogP contribution in [0.15, 0.2) is 79.5 Å². The quantitative estimate of drug-likeness (QED) is 0.360. The highest BCUT2D eigenvalue weighted by Crippen LogP contribution is 2.34. The molecule has 0 aliphatic rings. The monoisotopic (exact) mass is 437 g/mol. The number of anilines is 1. The van der Waals surface area contributed by atoms with Gasteiger partial charge in [-0.05, 0) is 63.2 Å². The molecule has 5 rings (SSSR count). The van der Waals surface area contributed by atoms with E-state index >= 15 is 0 Å². The molecule has 1 aromatic carbocycles. The average Bonchev–Trinajstić information content (AvgIpc) is 3.52. The highest BCUT2D eigenvalue weighted by molar-refractivity contribution is 7.16. The molecule has 4 aromatic heterocycles. The standard InChI is InChI=1S/C26H23N5S/c1-26(2,3)29-25-24(28-23-18-27-13-16-31(23)25)22-12-11-21(32-22)10-9-19-7-6-8-20(17-19)30-14-4-5-15-30/h4-8,11-18,29H,1-3H3. The lowest BCUT2D eigenvalue weighted by Gasteiger charge is -2.22. The van der Waals surface area contributed by atoms with Crippen LogP contribution in [0.25, 0.3) is 21.9 Å². The Morgan fingerprint density at radius 3 is 2.62 bits per heavy atom. The number of rotatable bonds is 3. The third kappa shape index (κ3) is 4.16. The molecule has 5 nitrogen and oxygen atoms in total. The molecule has 0 saturated carbocycles. The minimum absolute atomic E-state index is 0.0986. The molecule has 0 amide bonds. The Bertz CT molecular complexity index is 1440. The van der Waals surface area contributed by atoms with E-state index in [1.807, 2.05) is 47.3 Å². The number of aromatic nitrogens is 4. The Morgan fingerprint density at radius 1 is 0.969 bits per heavy atom. The minimum atomic E-state index is -0.0986. The van der Waals surface area contributed by atoms with Gasteiger partial charge in [-0.1, -0.05) is 17.9 Å². The molecule has 0 aliphatic heterocycles. The molecule has 0 atom stereocenters. The van der Waals surface area contributed by atoms with Crippen molar-refractivity contribution in [2.24, 2.45) is 0 Å². The van der Waals surface area contributed by atoms with Crippen molar-refractivity contribution >= 4 is 22.8 Å². The molecule has 0 radical (unpaired) electrons. The Labute approximate surface area is 191 Å². The number of hydrogen-bond donors (Lipinski definition) is 1. The first-order valence-electron chi connectivity index (χ1n) is 10.4. The van der Waals surface area contributed by atoms with Gasteiger partial charge in [0.05, 0.1) is 16.0 Å². The number of fused-ring (bicyclic) bond motifs is 1. The van der Waals surface area contributed by atoms with Crippen LogP contribution in [-0.2, 0) is 0 Å². The zero-order valence-electron chi connectivity index (χ0n) is 18.2. The molecule has 6 heteroatoms. The van der Waals surface area contributed by atoms with E-state index in [0.29, 0.717) is 0 Å². The van der Waals surface area contributed by atoms with Gasteiger partial charge in [0, 0.05) is 41.6 Å². The van der Waals surface area contributed by atoms with Crippen LogP contribution in [0.3, 0.4) is 0 Å². The van der Waals surface area contributed by atoms with E-state index in [0.717, 1.165) is 38.2 Å². The molecule has 0 fully saturated rings. The number of imidazole rings is 1. The van der Waals surface area contributed by atoms with Crippen molar-refractivity contribution in [3.05, 3.63) is 90.0 Å². The van der Waals surface area contributed by atoms with Crippen LogP contribution in [0.1, 0.15) is 31.2 Å². The molecule has 1 N–H and O–H groups in total. The van der Waals surface area contributed by atoms with Gasteiger partial charge in [0.25, 0.3) is 0 Å². The fourth-order valence-electron chi connectivity index (χ4n) is 3.47. The summed E-state index contributed by atoms with van der Waals surface area (Å²) in [6.45, 7) is 6.43. The van der Waals surface area contributed by atoms with E-state index in [1.165, 1.54) is 0 Å². The Morgan fingerprint density at radius 2 is 1.81 bits per heavy atom. The summed E-state index contributed by atoms with van der Waals surface area (Å²) in [6.07, 6.45) is 9.56. The predicted octanol–water partition coefficient (Wildman–Crippen LogP) is 5.86. The smallest absolute Gasteiger partial charge is 0.157 e. The van der Waals surface area contributed by atoms with Crippen LogP contribution in [-0.4, -0.2) is 24.5 Å². The van der Waals surface area contributed by atoms with Gasteiger partial charge in [0.2, 0.25) is 0 Å². The SMILES string of the molecule is CC(C)(C)Nc1c(-c2ccc(C#Cc3cccc(-n4cccc4)c3)s2)nc2cnccn12. The summed E-state index contributed by atoms with van der Waals surface area (Å²) >= 11 is 1.65. The third-order valence-corrected chi connectivity index (χ3v) is 5.85. The second-order valence-corrected chi connectivity index (χ2v) is 9.63. The van der Waals surface area contributed by atoms with Gasteiger partial charge in [-0.3, -0.25) is 9.38 Å². The fourth-order valence-corrected chi connectivity index (χ4v) is 4.32. The van der Waals surface area contributed by atoms with Gasteiger partial charge < -0.3 is 9.88 Å². The Balaban J connectivity index is 1.48. The highest BCUT2D eigenvalue weighted by Gasteiger charge is 2.20. The number of nitrogens with zero attached hydrogens (tertiary/aromatic N) is 4. The van der Waals surface area contributed by atoms with Crippen molar-refractivity contribution in [1.82, 2.24) is 18.9 Å². The van der Waals surface area contributed by atoms with Gasteiger partial charge in [-0.15, -0.1) is 11.3 Å². The first-order chi connectivity index (χ1) is 15.5. The lowest BCUT2D eigenvalue weighted by Crippen LogP contribution is -2.27. The second-order valence-electron chi connectivity index (χ2n) is 8.54. The lowest BCUT2D eigenvalue weighted by molar-refractivity contribution is 0.629. The molecule has 4 heterocycles. The van der Waals surface area contributed by atoms with Crippen molar-refractivity contribution < 1.29 is 0 Å². The summed E-state index contributed by atoms with van der Waals surface area (Å²) in [4.78, 5) is 11.1. The zero-order chi connectivity index (χ0) is 22.1. The van der Waals surface area contributed by atoms with Gasteiger partial charge in [0.1, 0.15) is 11.5 Å². The van der Waals surface area contributed by atoms with Gasteiger partial charge in [-0.25, -0.2) is 4.98 Å². The highest BCUT2D eigenvalue weighted by atomic mass is 32.1. The van der Waals surface area contributed by atoms with Crippen molar-refractivity contribution in [3.8, 4) is 28.1 Å². The van der Waals surface area contributed by atoms with Crippen LogP contribution in [0, 0.1) is 11.8 Å². The Kier molecular flexibility index (Phi) is 5.04. The molecule has 0 bridgehead atoms. The average molecular weight is 438 g/mol. The van der Waals surface area contributed by atoms with Gasteiger partial charge in [0.15, 0.2) is 5.65 Å². The van der Waals surface area contributed by atoms with Crippen molar-refractivity contribution in [2.45, 2.75) is 26.3 Å². The summed E-state index contributed by atoms with van der Waals surface area (Å²) in [5.74, 6) is 7.59. The van der Waals surface area contributed by atoms with Gasteiger partial charge >= 0.3 is 0 Å². The molecule has 0 unspecified atom stereocenters. The molecule has 0 saturated heterocycles. The molecule has 32 heavy (non-hydrogen) atoms. The van der Waals surface area contributed by atoms with Gasteiger partial charge in [-0.2, -0.15) is 0 Å². The normalized spacial score (nSPS) is 11.3. The van der Waals surface area contributed by atoms with E-state index in [4.69, 9.17) is 4.98 Å².